The second kappa shape index (κ2) is 9.33. The number of aromatic nitrogens is 7. The van der Waals surface area contributed by atoms with Crippen LogP contribution in [-0.4, -0.2) is 48.4 Å². The molecule has 4 rings (SSSR count). The van der Waals surface area contributed by atoms with Crippen LogP contribution in [0.3, 0.4) is 0 Å². The lowest BCUT2D eigenvalue weighted by Gasteiger charge is -2.10. The van der Waals surface area contributed by atoms with E-state index in [-0.39, 0.29) is 11.6 Å². The summed E-state index contributed by atoms with van der Waals surface area (Å²) in [6.07, 6.45) is 4.34. The molecule has 12 heteroatoms. The molecular formula is C18H14N8O2S2. The summed E-state index contributed by atoms with van der Waals surface area (Å²) in [5.41, 5.74) is 0.229. The predicted molar refractivity (Wildman–Crippen MR) is 110 cm³/mol. The lowest BCUT2D eigenvalue weighted by molar-refractivity contribution is 0.101. The first-order chi connectivity index (χ1) is 14.7. The fourth-order valence-corrected chi connectivity index (χ4v) is 3.88. The Morgan fingerprint density at radius 2 is 1.90 bits per heavy atom. The van der Waals surface area contributed by atoms with Crippen molar-refractivity contribution in [2.75, 3.05) is 12.4 Å². The van der Waals surface area contributed by atoms with E-state index in [9.17, 15) is 4.79 Å². The Hall–Kier alpha value is -3.51. The van der Waals surface area contributed by atoms with E-state index in [0.717, 1.165) is 10.6 Å². The van der Waals surface area contributed by atoms with Crippen LogP contribution >= 0.6 is 23.5 Å². The summed E-state index contributed by atoms with van der Waals surface area (Å²) in [5, 5.41) is 19.0. The van der Waals surface area contributed by atoms with Crippen LogP contribution < -0.4 is 10.1 Å². The number of nitrogens with zero attached hydrogens (tertiary/aromatic N) is 6. The molecule has 0 aliphatic heterocycles. The van der Waals surface area contributed by atoms with Gasteiger partial charge in [0.05, 0.1) is 19.5 Å². The van der Waals surface area contributed by atoms with Crippen LogP contribution in [0.1, 0.15) is 10.5 Å². The second-order valence-electron chi connectivity index (χ2n) is 5.59. The fraction of sp³-hybridized carbons (Fsp3) is 0.0556. The summed E-state index contributed by atoms with van der Waals surface area (Å²) in [5.74, 6) is 0.403. The molecule has 10 nitrogen and oxygen atoms in total. The zero-order chi connectivity index (χ0) is 20.8. The number of benzene rings is 1. The molecule has 1 amide bonds. The first-order valence-corrected chi connectivity index (χ1v) is 10.2. The number of anilines is 1. The number of pyridine rings is 1. The van der Waals surface area contributed by atoms with Gasteiger partial charge in [-0.15, -0.1) is 15.3 Å². The third-order valence-corrected chi connectivity index (χ3v) is 5.53. The van der Waals surface area contributed by atoms with Crippen molar-refractivity contribution in [1.82, 2.24) is 35.3 Å². The van der Waals surface area contributed by atoms with E-state index < -0.39 is 5.91 Å². The summed E-state index contributed by atoms with van der Waals surface area (Å²) in [6, 6.07) is 11.2. The number of hydrogen-bond donors (Lipinski definition) is 2. The molecule has 0 bridgehead atoms. The molecule has 1 aromatic carbocycles. The normalized spacial score (nSPS) is 10.6. The molecule has 4 aromatic rings. The number of methoxy groups -OCH3 is 1. The molecule has 3 heterocycles. The number of carbonyl (C=O) groups excluding carboxylic acids is 1. The number of H-pyrrole nitrogens is 1. The Balaban J connectivity index is 1.63. The van der Waals surface area contributed by atoms with Crippen molar-refractivity contribution in [3.05, 3.63) is 60.8 Å². The number of amides is 1. The lowest BCUT2D eigenvalue weighted by atomic mass is 10.3. The molecule has 2 N–H and O–H groups in total. The molecule has 0 saturated carbocycles. The van der Waals surface area contributed by atoms with Gasteiger partial charge in [0.15, 0.2) is 5.16 Å². The number of ether oxygens (including phenoxy) is 1. The molecule has 0 fully saturated rings. The molecule has 3 aromatic heterocycles. The Morgan fingerprint density at radius 3 is 2.60 bits per heavy atom. The van der Waals surface area contributed by atoms with Crippen molar-refractivity contribution in [2.24, 2.45) is 0 Å². The number of aromatic amines is 1. The minimum atomic E-state index is -0.445. The Morgan fingerprint density at radius 1 is 1.03 bits per heavy atom. The van der Waals surface area contributed by atoms with Crippen LogP contribution in [-0.2, 0) is 0 Å². The third-order valence-electron chi connectivity index (χ3n) is 3.64. The van der Waals surface area contributed by atoms with Crippen molar-refractivity contribution in [3.8, 4) is 5.75 Å². The van der Waals surface area contributed by atoms with Crippen LogP contribution in [0.5, 0.6) is 5.75 Å². The summed E-state index contributed by atoms with van der Waals surface area (Å²) in [7, 11) is 1.61. The van der Waals surface area contributed by atoms with E-state index in [1.165, 1.54) is 42.2 Å². The van der Waals surface area contributed by atoms with Crippen LogP contribution in [0.4, 0.5) is 5.95 Å². The minimum absolute atomic E-state index is 0.0954. The molecule has 0 saturated heterocycles. The maximum Gasteiger partial charge on any atom is 0.277 e. The van der Waals surface area contributed by atoms with Crippen LogP contribution in [0.15, 0.2) is 75.1 Å². The van der Waals surface area contributed by atoms with Gasteiger partial charge in [-0.2, -0.15) is 5.10 Å². The van der Waals surface area contributed by atoms with Crippen LogP contribution in [0, 0.1) is 0 Å². The number of carbonyl (C=O) groups is 1. The predicted octanol–water partition coefficient (Wildman–Crippen LogP) is 2.95. The van der Waals surface area contributed by atoms with Gasteiger partial charge < -0.3 is 9.72 Å². The van der Waals surface area contributed by atoms with E-state index in [4.69, 9.17) is 4.74 Å². The van der Waals surface area contributed by atoms with Gasteiger partial charge in [-0.3, -0.25) is 10.1 Å². The van der Waals surface area contributed by atoms with Crippen molar-refractivity contribution in [2.45, 2.75) is 20.0 Å². The average Bonchev–Trinajstić information content (AvgIpc) is 3.29. The van der Waals surface area contributed by atoms with Gasteiger partial charge in [-0.1, -0.05) is 11.8 Å². The summed E-state index contributed by atoms with van der Waals surface area (Å²) >= 11 is 2.67. The molecule has 30 heavy (non-hydrogen) atoms. The van der Waals surface area contributed by atoms with Crippen molar-refractivity contribution in [1.29, 1.82) is 0 Å². The Kier molecular flexibility index (Phi) is 6.15. The van der Waals surface area contributed by atoms with Gasteiger partial charge >= 0.3 is 0 Å². The maximum atomic E-state index is 12.9. The van der Waals surface area contributed by atoms with Crippen molar-refractivity contribution < 1.29 is 9.53 Å². The lowest BCUT2D eigenvalue weighted by Crippen LogP contribution is -2.17. The first-order valence-electron chi connectivity index (χ1n) is 8.53. The largest absolute Gasteiger partial charge is 0.497 e. The van der Waals surface area contributed by atoms with E-state index in [0.29, 0.717) is 15.1 Å². The van der Waals surface area contributed by atoms with Crippen LogP contribution in [0.25, 0.3) is 0 Å². The third kappa shape index (κ3) is 4.90. The zero-order valence-corrected chi connectivity index (χ0v) is 17.1. The van der Waals surface area contributed by atoms with E-state index in [2.05, 4.69) is 40.7 Å². The molecular weight excluding hydrogens is 424 g/mol. The highest BCUT2D eigenvalue weighted by Gasteiger charge is 2.18. The number of rotatable bonds is 7. The molecule has 0 aliphatic rings. The molecule has 0 spiro atoms. The molecule has 150 valence electrons. The van der Waals surface area contributed by atoms with E-state index in [1.807, 2.05) is 36.4 Å². The molecule has 0 unspecified atom stereocenters. The fourth-order valence-electron chi connectivity index (χ4n) is 2.31. The highest BCUT2D eigenvalue weighted by Crippen LogP contribution is 2.33. The minimum Gasteiger partial charge on any atom is -0.497 e. The standard InChI is InChI=1S/C18H14N8O2S2/c1-28-11-2-4-12(5-3-11)29-13-6-7-14(30-18-20-10-22-26-18)23-15(13)16(27)24-17-19-8-9-21-25-17/h2-10H,1H3,(H,20,22,26)(H,19,24,25,27). The van der Waals surface area contributed by atoms with Gasteiger partial charge in [-0.05, 0) is 48.2 Å². The van der Waals surface area contributed by atoms with Gasteiger partial charge in [0.2, 0.25) is 5.95 Å². The summed E-state index contributed by atoms with van der Waals surface area (Å²) in [6.45, 7) is 0. The zero-order valence-electron chi connectivity index (χ0n) is 15.5. The highest BCUT2D eigenvalue weighted by atomic mass is 32.2. The molecule has 0 aliphatic carbocycles. The summed E-state index contributed by atoms with van der Waals surface area (Å²) < 4.78 is 5.19. The quantitative estimate of drug-likeness (QED) is 0.444. The topological polar surface area (TPSA) is 131 Å². The SMILES string of the molecule is COc1ccc(Sc2ccc(Sc3nnc[nH]3)nc2C(=O)Nc2nccnn2)cc1. The highest BCUT2D eigenvalue weighted by molar-refractivity contribution is 7.99. The van der Waals surface area contributed by atoms with Crippen LogP contribution in [0.2, 0.25) is 0 Å². The number of hydrogen-bond acceptors (Lipinski definition) is 10. The second-order valence-corrected chi connectivity index (χ2v) is 7.71. The van der Waals surface area contributed by atoms with Gasteiger partial charge in [0.1, 0.15) is 22.8 Å². The first kappa shape index (κ1) is 19.8. The van der Waals surface area contributed by atoms with Gasteiger partial charge in [0, 0.05) is 9.79 Å². The molecule has 0 radical (unpaired) electrons. The van der Waals surface area contributed by atoms with Crippen molar-refractivity contribution >= 4 is 35.4 Å². The van der Waals surface area contributed by atoms with E-state index in [1.54, 1.807) is 7.11 Å². The number of nitrogens with one attached hydrogen (secondary N) is 2. The maximum absolute atomic E-state index is 12.9. The Labute approximate surface area is 179 Å². The monoisotopic (exact) mass is 438 g/mol. The van der Waals surface area contributed by atoms with Crippen molar-refractivity contribution in [3.63, 3.8) is 0 Å². The Bertz CT molecular complexity index is 1120. The smallest absolute Gasteiger partial charge is 0.277 e. The van der Waals surface area contributed by atoms with Gasteiger partial charge in [-0.25, -0.2) is 9.97 Å². The molecule has 0 atom stereocenters. The van der Waals surface area contributed by atoms with E-state index >= 15 is 0 Å². The summed E-state index contributed by atoms with van der Waals surface area (Å²) in [4.78, 5) is 25.9. The average molecular weight is 438 g/mol. The van der Waals surface area contributed by atoms with Gasteiger partial charge in [0.25, 0.3) is 5.91 Å².